The summed E-state index contributed by atoms with van der Waals surface area (Å²) in [4.78, 5) is 16.0. The highest BCUT2D eigenvalue weighted by molar-refractivity contribution is 7.85. The molecule has 124 valence electrons. The molecule has 2 rings (SSSR count). The quantitative estimate of drug-likeness (QED) is 0.842. The molecule has 5 nitrogen and oxygen atoms in total. The van der Waals surface area contributed by atoms with Crippen LogP contribution in [-0.4, -0.2) is 26.9 Å². The van der Waals surface area contributed by atoms with Crippen LogP contribution >= 0.6 is 0 Å². The van der Waals surface area contributed by atoms with Gasteiger partial charge >= 0.3 is 0 Å². The molecule has 0 fully saturated rings. The number of amides is 1. The molecule has 0 aliphatic rings. The Labute approximate surface area is 136 Å². The van der Waals surface area contributed by atoms with E-state index in [0.29, 0.717) is 23.7 Å². The van der Waals surface area contributed by atoms with Crippen LogP contribution in [0.2, 0.25) is 0 Å². The topological polar surface area (TPSA) is 72.2 Å². The monoisotopic (exact) mass is 338 g/mol. The molecule has 0 radical (unpaired) electrons. The van der Waals surface area contributed by atoms with Crippen LogP contribution in [0.4, 0.5) is 4.39 Å². The summed E-state index contributed by atoms with van der Waals surface area (Å²) in [5.74, 6) is -0.105. The van der Waals surface area contributed by atoms with Crippen molar-refractivity contribution < 1.29 is 17.8 Å². The first-order chi connectivity index (χ1) is 11.0. The Hall–Kier alpha value is -2.02. The van der Waals surface area contributed by atoms with Crippen molar-refractivity contribution in [2.45, 2.75) is 31.3 Å². The van der Waals surface area contributed by atoms with Crippen LogP contribution in [-0.2, 0) is 21.3 Å². The van der Waals surface area contributed by atoms with Crippen LogP contribution in [0, 0.1) is 5.82 Å². The zero-order valence-electron chi connectivity index (χ0n) is 13.0. The van der Waals surface area contributed by atoms with Gasteiger partial charge < -0.3 is 9.73 Å². The summed E-state index contributed by atoms with van der Waals surface area (Å²) in [6.07, 6.45) is 2.24. The average Bonchev–Trinajstić information content (AvgIpc) is 3.00. The number of hydrogen-bond acceptors (Lipinski definition) is 4. The minimum absolute atomic E-state index is 0.130. The van der Waals surface area contributed by atoms with Gasteiger partial charge in [-0.2, -0.15) is 0 Å². The third kappa shape index (κ3) is 4.72. The second-order valence-corrected chi connectivity index (χ2v) is 6.87. The number of nitrogens with one attached hydrogen (secondary N) is 1. The van der Waals surface area contributed by atoms with E-state index in [2.05, 4.69) is 10.3 Å². The molecule has 0 unspecified atom stereocenters. The summed E-state index contributed by atoms with van der Waals surface area (Å²) in [5.41, 5.74) is 1.13. The molecule has 1 aromatic heterocycles. The number of rotatable bonds is 7. The smallest absolute Gasteiger partial charge is 0.235 e. The van der Waals surface area contributed by atoms with Gasteiger partial charge in [0, 0.05) is 22.9 Å². The van der Waals surface area contributed by atoms with E-state index < -0.39 is 16.0 Å². The van der Waals surface area contributed by atoms with E-state index in [0.717, 1.165) is 6.42 Å². The van der Waals surface area contributed by atoms with Crippen LogP contribution < -0.4 is 5.32 Å². The number of hydrogen-bond donors (Lipinski definition) is 1. The summed E-state index contributed by atoms with van der Waals surface area (Å²) in [6, 6.07) is 5.75. The van der Waals surface area contributed by atoms with Crippen LogP contribution in [0.15, 0.2) is 34.9 Å². The van der Waals surface area contributed by atoms with Crippen LogP contribution in [0.25, 0.3) is 11.5 Å². The zero-order chi connectivity index (χ0) is 16.8. The van der Waals surface area contributed by atoms with Crippen molar-refractivity contribution in [3.8, 4) is 11.5 Å². The van der Waals surface area contributed by atoms with E-state index in [-0.39, 0.29) is 17.5 Å². The van der Waals surface area contributed by atoms with E-state index in [1.54, 1.807) is 19.1 Å². The highest BCUT2D eigenvalue weighted by Gasteiger charge is 2.21. The third-order valence-corrected chi connectivity index (χ3v) is 4.83. The Bertz CT molecular complexity index is 685. The van der Waals surface area contributed by atoms with E-state index >= 15 is 0 Å². The van der Waals surface area contributed by atoms with Crippen molar-refractivity contribution in [2.75, 3.05) is 6.54 Å². The first kappa shape index (κ1) is 17.3. The summed E-state index contributed by atoms with van der Waals surface area (Å²) in [5, 5.41) is 2.11. The van der Waals surface area contributed by atoms with Gasteiger partial charge in [0.1, 0.15) is 17.3 Å². The molecule has 2 atom stereocenters. The number of nitrogens with zero attached hydrogens (tertiary/aromatic N) is 1. The van der Waals surface area contributed by atoms with Crippen molar-refractivity contribution in [3.63, 3.8) is 0 Å². The van der Waals surface area contributed by atoms with Crippen molar-refractivity contribution in [1.82, 2.24) is 10.3 Å². The Morgan fingerprint density at radius 3 is 2.74 bits per heavy atom. The maximum Gasteiger partial charge on any atom is 0.235 e. The molecule has 1 amide bonds. The molecule has 1 N–H and O–H groups in total. The van der Waals surface area contributed by atoms with E-state index in [4.69, 9.17) is 4.42 Å². The van der Waals surface area contributed by atoms with Gasteiger partial charge in [-0.1, -0.05) is 6.92 Å². The maximum absolute atomic E-state index is 12.9. The fourth-order valence-electron chi connectivity index (χ4n) is 1.88. The number of carbonyl (C=O) groups excluding carboxylic acids is 1. The van der Waals surface area contributed by atoms with E-state index in [9.17, 15) is 13.4 Å². The van der Waals surface area contributed by atoms with Gasteiger partial charge in [0.2, 0.25) is 11.8 Å². The second-order valence-electron chi connectivity index (χ2n) is 5.11. The predicted molar refractivity (Wildman–Crippen MR) is 86.5 cm³/mol. The summed E-state index contributed by atoms with van der Waals surface area (Å²) in [7, 11) is -1.39. The van der Waals surface area contributed by atoms with Crippen molar-refractivity contribution in [3.05, 3.63) is 42.0 Å². The lowest BCUT2D eigenvalue weighted by molar-refractivity contribution is -0.120. The van der Waals surface area contributed by atoms with Gasteiger partial charge in [-0.3, -0.25) is 9.00 Å². The highest BCUT2D eigenvalue weighted by atomic mass is 32.2. The summed E-state index contributed by atoms with van der Waals surface area (Å²) < 4.78 is 30.5. The van der Waals surface area contributed by atoms with Gasteiger partial charge in [-0.25, -0.2) is 9.37 Å². The third-order valence-electron chi connectivity index (χ3n) is 3.25. The second kappa shape index (κ2) is 8.01. The minimum Gasteiger partial charge on any atom is -0.444 e. The van der Waals surface area contributed by atoms with Crippen LogP contribution in [0.1, 0.15) is 26.0 Å². The SMILES string of the molecule is CCCNC(=O)[C@@H](C)[S@@](=O)Cc1coc(-c2ccc(F)cc2)n1. The molecule has 0 aliphatic heterocycles. The molecular weight excluding hydrogens is 319 g/mol. The summed E-state index contributed by atoms with van der Waals surface area (Å²) >= 11 is 0. The Balaban J connectivity index is 1.99. The van der Waals surface area contributed by atoms with E-state index in [1.165, 1.54) is 18.4 Å². The highest BCUT2D eigenvalue weighted by Crippen LogP contribution is 2.20. The van der Waals surface area contributed by atoms with Gasteiger partial charge in [0.05, 0.1) is 11.4 Å². The molecule has 1 aromatic carbocycles. The number of oxazole rings is 1. The minimum atomic E-state index is -1.39. The zero-order valence-corrected chi connectivity index (χ0v) is 13.9. The Morgan fingerprint density at radius 1 is 1.39 bits per heavy atom. The predicted octanol–water partition coefficient (Wildman–Crippen LogP) is 2.64. The fourth-order valence-corrected chi connectivity index (χ4v) is 2.88. The first-order valence-electron chi connectivity index (χ1n) is 7.36. The lowest BCUT2D eigenvalue weighted by Crippen LogP contribution is -2.36. The molecule has 7 heteroatoms. The van der Waals surface area contributed by atoms with Gasteiger partial charge in [-0.05, 0) is 37.6 Å². The average molecular weight is 338 g/mol. The molecule has 0 spiro atoms. The Morgan fingerprint density at radius 2 is 2.09 bits per heavy atom. The normalized spacial score (nSPS) is 13.5. The largest absolute Gasteiger partial charge is 0.444 e. The van der Waals surface area contributed by atoms with Gasteiger partial charge in [-0.15, -0.1) is 0 Å². The number of halogens is 1. The molecule has 23 heavy (non-hydrogen) atoms. The van der Waals surface area contributed by atoms with Crippen molar-refractivity contribution in [1.29, 1.82) is 0 Å². The lowest BCUT2D eigenvalue weighted by Gasteiger charge is -2.10. The number of aromatic nitrogens is 1. The van der Waals surface area contributed by atoms with Crippen molar-refractivity contribution >= 4 is 16.7 Å². The molecule has 0 bridgehead atoms. The van der Waals surface area contributed by atoms with Gasteiger partial charge in [0.15, 0.2) is 0 Å². The van der Waals surface area contributed by atoms with Crippen LogP contribution in [0.5, 0.6) is 0 Å². The molecule has 0 saturated carbocycles. The molecule has 0 saturated heterocycles. The molecular formula is C16H19FN2O3S. The van der Waals surface area contributed by atoms with Crippen LogP contribution in [0.3, 0.4) is 0 Å². The first-order valence-corrected chi connectivity index (χ1v) is 8.74. The summed E-state index contributed by atoms with van der Waals surface area (Å²) in [6.45, 7) is 4.15. The van der Waals surface area contributed by atoms with Gasteiger partial charge in [0.25, 0.3) is 0 Å². The van der Waals surface area contributed by atoms with Crippen molar-refractivity contribution in [2.24, 2.45) is 0 Å². The maximum atomic E-state index is 12.9. The fraction of sp³-hybridized carbons (Fsp3) is 0.375. The Kier molecular flexibility index (Phi) is 6.04. The standard InChI is InChI=1S/C16H19FN2O3S/c1-3-8-18-15(20)11(2)23(21)10-14-9-22-16(19-14)12-4-6-13(17)7-5-12/h4-7,9,11H,3,8,10H2,1-2H3,(H,18,20)/t11-,23+/m1/s1. The number of benzene rings is 1. The molecule has 2 aromatic rings. The number of carbonyl (C=O) groups is 1. The molecule has 1 heterocycles. The lowest BCUT2D eigenvalue weighted by atomic mass is 10.2. The molecule has 0 aliphatic carbocycles. The van der Waals surface area contributed by atoms with E-state index in [1.807, 2.05) is 6.92 Å².